The van der Waals surface area contributed by atoms with Gasteiger partial charge in [0.1, 0.15) is 5.82 Å². The molecule has 1 fully saturated rings. The van der Waals surface area contributed by atoms with Crippen LogP contribution in [0.15, 0.2) is 85.8 Å². The fourth-order valence-electron chi connectivity index (χ4n) is 4.03. The molecule has 0 spiro atoms. The van der Waals surface area contributed by atoms with Gasteiger partial charge in [0, 0.05) is 42.8 Å². The number of halogens is 1. The lowest BCUT2D eigenvalue weighted by molar-refractivity contribution is 0.321. The molecule has 4 nitrogen and oxygen atoms in total. The standard InChI is InChI=1S/C23H24FN3.C2H5N/c24-20-9-7-18(8-10-20)11-15-27-16-12-19(17-27)23(21-5-1-3-13-25-21)22-6-2-4-14-26-22;1-2-3/h1-10,13-14,19,23H,11-12,15-17H2;2H,1,3H2. The fourth-order valence-corrected chi connectivity index (χ4v) is 4.03. The molecule has 0 bridgehead atoms. The molecule has 0 aliphatic carbocycles. The summed E-state index contributed by atoms with van der Waals surface area (Å²) in [5, 5.41) is 0. The molecule has 4 rings (SSSR count). The first-order chi connectivity index (χ1) is 14.7. The van der Waals surface area contributed by atoms with Crippen molar-refractivity contribution in [3.05, 3.63) is 109 Å². The van der Waals surface area contributed by atoms with Gasteiger partial charge in [-0.25, -0.2) is 4.39 Å². The zero-order valence-corrected chi connectivity index (χ0v) is 17.2. The minimum absolute atomic E-state index is 0.173. The Bertz CT molecular complexity index is 845. The van der Waals surface area contributed by atoms with E-state index in [0.29, 0.717) is 5.92 Å². The van der Waals surface area contributed by atoms with Crippen LogP contribution < -0.4 is 5.73 Å². The van der Waals surface area contributed by atoms with Crippen LogP contribution in [-0.4, -0.2) is 34.5 Å². The lowest BCUT2D eigenvalue weighted by Gasteiger charge is -2.23. The molecule has 1 aromatic carbocycles. The molecule has 1 unspecified atom stereocenters. The molecule has 5 heteroatoms. The van der Waals surface area contributed by atoms with Crippen LogP contribution in [0.25, 0.3) is 0 Å². The first-order valence-corrected chi connectivity index (χ1v) is 10.3. The third-order valence-electron chi connectivity index (χ3n) is 5.42. The highest BCUT2D eigenvalue weighted by molar-refractivity contribution is 5.25. The number of nitrogens with zero attached hydrogens (tertiary/aromatic N) is 3. The summed E-state index contributed by atoms with van der Waals surface area (Å²) in [4.78, 5) is 11.8. The van der Waals surface area contributed by atoms with Crippen LogP contribution in [-0.2, 0) is 6.42 Å². The first kappa shape index (κ1) is 21.7. The van der Waals surface area contributed by atoms with Crippen LogP contribution in [0.2, 0.25) is 0 Å². The summed E-state index contributed by atoms with van der Waals surface area (Å²) in [6, 6.07) is 19.1. The largest absolute Gasteiger partial charge is 0.405 e. The van der Waals surface area contributed by atoms with Crippen molar-refractivity contribution in [2.75, 3.05) is 19.6 Å². The normalized spacial score (nSPS) is 16.1. The Morgan fingerprint density at radius 1 is 1.03 bits per heavy atom. The van der Waals surface area contributed by atoms with Crippen LogP contribution in [0.5, 0.6) is 0 Å². The number of likely N-dealkylation sites (tertiary alicyclic amines) is 1. The smallest absolute Gasteiger partial charge is 0.123 e. The number of aromatic nitrogens is 2. The Morgan fingerprint density at radius 3 is 2.17 bits per heavy atom. The minimum atomic E-state index is -0.173. The third-order valence-corrected chi connectivity index (χ3v) is 5.42. The summed E-state index contributed by atoms with van der Waals surface area (Å²) in [5.41, 5.74) is 7.99. The van der Waals surface area contributed by atoms with Gasteiger partial charge in [-0.15, -0.1) is 0 Å². The second kappa shape index (κ2) is 11.2. The number of nitrogens with two attached hydrogens (primary N) is 1. The Balaban J connectivity index is 0.000000806. The molecule has 30 heavy (non-hydrogen) atoms. The average Bonchev–Trinajstić information content (AvgIpc) is 3.24. The van der Waals surface area contributed by atoms with E-state index >= 15 is 0 Å². The van der Waals surface area contributed by atoms with Crippen molar-refractivity contribution in [1.82, 2.24) is 14.9 Å². The van der Waals surface area contributed by atoms with E-state index in [4.69, 9.17) is 0 Å². The molecular weight excluding hydrogens is 375 g/mol. The summed E-state index contributed by atoms with van der Waals surface area (Å²) >= 11 is 0. The second-order valence-electron chi connectivity index (χ2n) is 7.45. The summed E-state index contributed by atoms with van der Waals surface area (Å²) in [5.74, 6) is 0.555. The molecule has 1 saturated heterocycles. The highest BCUT2D eigenvalue weighted by atomic mass is 19.1. The van der Waals surface area contributed by atoms with E-state index in [0.717, 1.165) is 43.9 Å². The van der Waals surface area contributed by atoms with Crippen LogP contribution >= 0.6 is 0 Å². The van der Waals surface area contributed by atoms with E-state index in [1.807, 2.05) is 36.7 Å². The second-order valence-corrected chi connectivity index (χ2v) is 7.45. The summed E-state index contributed by atoms with van der Waals surface area (Å²) in [7, 11) is 0. The van der Waals surface area contributed by atoms with E-state index in [9.17, 15) is 4.39 Å². The Kier molecular flexibility index (Phi) is 8.10. The van der Waals surface area contributed by atoms with Crippen molar-refractivity contribution in [2.45, 2.75) is 18.8 Å². The number of pyridine rings is 2. The molecule has 1 aliphatic rings. The molecule has 1 aliphatic heterocycles. The minimum Gasteiger partial charge on any atom is -0.405 e. The predicted molar refractivity (Wildman–Crippen MR) is 119 cm³/mol. The SMILES string of the molecule is C=CN.Fc1ccc(CCN2CCC(C(c3ccccn3)c3ccccn3)C2)cc1. The average molecular weight is 405 g/mol. The topological polar surface area (TPSA) is 55.0 Å². The number of hydrogen-bond donors (Lipinski definition) is 1. The van der Waals surface area contributed by atoms with Gasteiger partial charge in [0.25, 0.3) is 0 Å². The number of benzene rings is 1. The van der Waals surface area contributed by atoms with Crippen molar-refractivity contribution in [3.63, 3.8) is 0 Å². The predicted octanol–water partition coefficient (Wildman–Crippen LogP) is 4.40. The lowest BCUT2D eigenvalue weighted by atomic mass is 9.85. The van der Waals surface area contributed by atoms with Gasteiger partial charge in [0.15, 0.2) is 0 Å². The van der Waals surface area contributed by atoms with Gasteiger partial charge < -0.3 is 10.6 Å². The molecule has 156 valence electrons. The van der Waals surface area contributed by atoms with Crippen LogP contribution in [0, 0.1) is 11.7 Å². The first-order valence-electron chi connectivity index (χ1n) is 10.3. The molecule has 0 radical (unpaired) electrons. The maximum absolute atomic E-state index is 13.1. The number of hydrogen-bond acceptors (Lipinski definition) is 4. The van der Waals surface area contributed by atoms with Crippen LogP contribution in [0.4, 0.5) is 4.39 Å². The summed E-state index contributed by atoms with van der Waals surface area (Å²) in [6.45, 7) is 6.26. The molecule has 1 atom stereocenters. The zero-order valence-electron chi connectivity index (χ0n) is 17.2. The molecule has 0 saturated carbocycles. The maximum atomic E-state index is 13.1. The van der Waals surface area contributed by atoms with Gasteiger partial charge in [-0.1, -0.05) is 30.8 Å². The van der Waals surface area contributed by atoms with Crippen molar-refractivity contribution in [2.24, 2.45) is 11.7 Å². The molecular formula is C25H29FN4. The van der Waals surface area contributed by atoms with E-state index in [2.05, 4.69) is 51.4 Å². The van der Waals surface area contributed by atoms with Crippen molar-refractivity contribution in [3.8, 4) is 0 Å². The molecule has 2 N–H and O–H groups in total. The maximum Gasteiger partial charge on any atom is 0.123 e. The van der Waals surface area contributed by atoms with Crippen molar-refractivity contribution in [1.29, 1.82) is 0 Å². The van der Waals surface area contributed by atoms with Crippen LogP contribution in [0.3, 0.4) is 0 Å². The third kappa shape index (κ3) is 5.97. The Labute approximate surface area is 178 Å². The van der Waals surface area contributed by atoms with Crippen molar-refractivity contribution < 1.29 is 4.39 Å². The van der Waals surface area contributed by atoms with E-state index < -0.39 is 0 Å². The lowest BCUT2D eigenvalue weighted by Crippen LogP contribution is -2.25. The number of rotatable bonds is 6. The van der Waals surface area contributed by atoms with Gasteiger partial charge in [0.2, 0.25) is 0 Å². The van der Waals surface area contributed by atoms with Gasteiger partial charge >= 0.3 is 0 Å². The fraction of sp³-hybridized carbons (Fsp3) is 0.280. The van der Waals surface area contributed by atoms with Gasteiger partial charge in [0.05, 0.1) is 0 Å². The molecule has 3 heterocycles. The summed E-state index contributed by atoms with van der Waals surface area (Å²) < 4.78 is 13.1. The Morgan fingerprint density at radius 2 is 1.63 bits per heavy atom. The molecule has 0 amide bonds. The highest BCUT2D eigenvalue weighted by Crippen LogP contribution is 2.35. The molecule has 2 aromatic heterocycles. The van der Waals surface area contributed by atoms with Crippen molar-refractivity contribution >= 4 is 0 Å². The molecule has 3 aromatic rings. The summed E-state index contributed by atoms with van der Waals surface area (Å²) in [6.07, 6.45) is 7.07. The quantitative estimate of drug-likeness (QED) is 0.662. The van der Waals surface area contributed by atoms with E-state index in [1.165, 1.54) is 11.8 Å². The Hall–Kier alpha value is -3.05. The van der Waals surface area contributed by atoms with E-state index in [-0.39, 0.29) is 11.7 Å². The van der Waals surface area contributed by atoms with Gasteiger partial charge in [-0.2, -0.15) is 0 Å². The highest BCUT2D eigenvalue weighted by Gasteiger charge is 2.32. The van der Waals surface area contributed by atoms with Gasteiger partial charge in [-0.3, -0.25) is 9.97 Å². The van der Waals surface area contributed by atoms with E-state index in [1.54, 1.807) is 12.1 Å². The monoisotopic (exact) mass is 404 g/mol. The van der Waals surface area contributed by atoms with Gasteiger partial charge in [-0.05, 0) is 73.5 Å². The zero-order chi connectivity index (χ0) is 21.2. The van der Waals surface area contributed by atoms with Crippen LogP contribution in [0.1, 0.15) is 29.3 Å².